The Kier molecular flexibility index (Phi) is 8.26. The maximum absolute atomic E-state index is 13.1. The number of carbonyl (C=O) groups is 1. The van der Waals surface area contributed by atoms with Gasteiger partial charge in [0.25, 0.3) is 5.91 Å². The second-order valence-corrected chi connectivity index (χ2v) is 12.1. The number of anilines is 4. The number of rotatable bonds is 9. The molecule has 1 amide bonds. The highest BCUT2D eigenvalue weighted by Crippen LogP contribution is 2.27. The summed E-state index contributed by atoms with van der Waals surface area (Å²) < 4.78 is 38.5. The van der Waals surface area contributed by atoms with Gasteiger partial charge in [-0.1, -0.05) is 18.2 Å². The first-order valence-corrected chi connectivity index (χ1v) is 14.9. The second-order valence-electron chi connectivity index (χ2n) is 9.81. The predicted molar refractivity (Wildman–Crippen MR) is 156 cm³/mol. The summed E-state index contributed by atoms with van der Waals surface area (Å²) in [5.41, 5.74) is 3.77. The molecule has 41 heavy (non-hydrogen) atoms. The normalized spacial score (nSPS) is 14.9. The van der Waals surface area contributed by atoms with Crippen molar-refractivity contribution < 1.29 is 17.6 Å². The van der Waals surface area contributed by atoms with E-state index in [1.54, 1.807) is 42.1 Å². The van der Waals surface area contributed by atoms with Gasteiger partial charge in [-0.25, -0.2) is 22.8 Å². The fourth-order valence-electron chi connectivity index (χ4n) is 4.48. The largest absolute Gasteiger partial charge is 0.373 e. The smallest absolute Gasteiger partial charge is 0.255 e. The average molecular weight is 579 g/mol. The fraction of sp³-hybridized carbons (Fsp3) is 0.286. The molecular formula is C28H31FN8O3S. The number of aromatic nitrogens is 4. The second kappa shape index (κ2) is 12.0. The van der Waals surface area contributed by atoms with Gasteiger partial charge >= 0.3 is 0 Å². The molecule has 0 aliphatic carbocycles. The van der Waals surface area contributed by atoms with Crippen LogP contribution in [0.2, 0.25) is 0 Å². The molecule has 0 radical (unpaired) electrons. The van der Waals surface area contributed by atoms with E-state index in [2.05, 4.69) is 30.8 Å². The highest BCUT2D eigenvalue weighted by molar-refractivity contribution is 7.91. The number of amides is 1. The van der Waals surface area contributed by atoms with E-state index in [1.165, 1.54) is 12.4 Å². The van der Waals surface area contributed by atoms with Crippen LogP contribution in [0.15, 0.2) is 60.9 Å². The van der Waals surface area contributed by atoms with Crippen molar-refractivity contribution in [1.29, 1.82) is 0 Å². The summed E-state index contributed by atoms with van der Waals surface area (Å²) in [5.74, 6) is 1.71. The fourth-order valence-corrected chi connectivity index (χ4v) is 5.76. The van der Waals surface area contributed by atoms with E-state index in [-0.39, 0.29) is 17.4 Å². The Balaban J connectivity index is 1.42. The first-order valence-electron chi connectivity index (χ1n) is 13.1. The number of hydrogen-bond acceptors (Lipinski definition) is 9. The molecule has 3 N–H and O–H groups in total. The van der Waals surface area contributed by atoms with E-state index in [4.69, 9.17) is 5.10 Å². The quantitative estimate of drug-likeness (QED) is 0.272. The van der Waals surface area contributed by atoms with Gasteiger partial charge < -0.3 is 16.0 Å². The molecule has 214 valence electrons. The maximum atomic E-state index is 13.1. The van der Waals surface area contributed by atoms with Crippen molar-refractivity contribution in [3.8, 4) is 5.82 Å². The third kappa shape index (κ3) is 6.87. The molecule has 3 heterocycles. The van der Waals surface area contributed by atoms with Gasteiger partial charge in [-0.2, -0.15) is 9.78 Å². The predicted octanol–water partition coefficient (Wildman–Crippen LogP) is 3.71. The van der Waals surface area contributed by atoms with Crippen molar-refractivity contribution in [3.63, 3.8) is 0 Å². The molecule has 2 aromatic heterocycles. The van der Waals surface area contributed by atoms with Gasteiger partial charge in [0.05, 0.1) is 17.2 Å². The van der Waals surface area contributed by atoms with Crippen LogP contribution < -0.4 is 16.0 Å². The summed E-state index contributed by atoms with van der Waals surface area (Å²) in [6.45, 7) is 2.68. The van der Waals surface area contributed by atoms with Crippen LogP contribution in [0.1, 0.15) is 27.2 Å². The zero-order chi connectivity index (χ0) is 29.0. The SMILES string of the molecule is CNc1cc(-n2nc(CN3CCS(=O)(=O)CC3)cc2Nc2cc(NC(=O)c3cccc(CF)c3)ccc2C)ncn1. The molecule has 11 nitrogen and oxygen atoms in total. The van der Waals surface area contributed by atoms with E-state index in [0.29, 0.717) is 53.9 Å². The summed E-state index contributed by atoms with van der Waals surface area (Å²) in [5, 5.41) is 14.1. The number of nitrogens with one attached hydrogen (secondary N) is 3. The molecule has 1 fully saturated rings. The Hall–Kier alpha value is -4.36. The summed E-state index contributed by atoms with van der Waals surface area (Å²) in [6.07, 6.45) is 1.45. The molecule has 4 aromatic rings. The van der Waals surface area contributed by atoms with Gasteiger partial charge in [0.2, 0.25) is 0 Å². The Morgan fingerprint density at radius 1 is 1.05 bits per heavy atom. The summed E-state index contributed by atoms with van der Waals surface area (Å²) in [6, 6.07) is 15.6. The lowest BCUT2D eigenvalue weighted by Crippen LogP contribution is -2.39. The first-order chi connectivity index (χ1) is 19.7. The molecule has 13 heteroatoms. The van der Waals surface area contributed by atoms with Crippen LogP contribution in [-0.4, -0.2) is 70.6 Å². The van der Waals surface area contributed by atoms with Crippen LogP contribution >= 0.6 is 0 Å². The van der Waals surface area contributed by atoms with Gasteiger partial charge in [0.1, 0.15) is 24.6 Å². The number of hydrogen-bond donors (Lipinski definition) is 3. The zero-order valence-corrected chi connectivity index (χ0v) is 23.6. The number of alkyl halides is 1. The van der Waals surface area contributed by atoms with Crippen LogP contribution in [0, 0.1) is 6.92 Å². The van der Waals surface area contributed by atoms with Gasteiger partial charge in [-0.05, 0) is 42.3 Å². The van der Waals surface area contributed by atoms with Crippen molar-refractivity contribution in [2.45, 2.75) is 20.1 Å². The Labute approximate surface area is 237 Å². The number of halogens is 1. The number of nitrogens with zero attached hydrogens (tertiary/aromatic N) is 5. The minimum atomic E-state index is -2.99. The molecule has 0 saturated carbocycles. The van der Waals surface area contributed by atoms with Crippen LogP contribution in [0.5, 0.6) is 0 Å². The maximum Gasteiger partial charge on any atom is 0.255 e. The first kappa shape index (κ1) is 28.2. The van der Waals surface area contributed by atoms with Gasteiger partial charge in [0.15, 0.2) is 15.7 Å². The zero-order valence-electron chi connectivity index (χ0n) is 22.8. The summed E-state index contributed by atoms with van der Waals surface area (Å²) in [7, 11) is -1.23. The third-order valence-electron chi connectivity index (χ3n) is 6.81. The number of benzene rings is 2. The van der Waals surface area contributed by atoms with E-state index >= 15 is 0 Å². The van der Waals surface area contributed by atoms with Gasteiger partial charge in [-0.3, -0.25) is 9.69 Å². The molecule has 0 unspecified atom stereocenters. The van der Waals surface area contributed by atoms with Crippen molar-refractivity contribution in [1.82, 2.24) is 24.6 Å². The highest BCUT2D eigenvalue weighted by atomic mass is 32.2. The Morgan fingerprint density at radius 3 is 2.61 bits per heavy atom. The number of aryl methyl sites for hydroxylation is 1. The molecule has 5 rings (SSSR count). The third-order valence-corrected chi connectivity index (χ3v) is 8.42. The number of sulfone groups is 1. The number of carbonyl (C=O) groups excluding carboxylic acids is 1. The standard InChI is InChI=1S/C28H31FN8O3S/c1-19-6-7-22(33-28(38)21-5-3-4-20(12-21)16-29)13-24(19)34-27-14-23(17-36-8-10-41(39,40)11-9-36)35-37(27)26-15-25(30-2)31-18-32-26/h3-7,12-15,18,34H,8-11,16-17H2,1-2H3,(H,33,38)(H,30,31,32). The van der Waals surface area contributed by atoms with Gasteiger partial charge in [-0.15, -0.1) is 0 Å². The molecule has 0 atom stereocenters. The van der Waals surface area contributed by atoms with Crippen LogP contribution in [0.4, 0.5) is 27.4 Å². The molecule has 1 saturated heterocycles. The Morgan fingerprint density at radius 2 is 1.85 bits per heavy atom. The minimum Gasteiger partial charge on any atom is -0.373 e. The topological polar surface area (TPSA) is 134 Å². The van der Waals surface area contributed by atoms with E-state index in [1.807, 2.05) is 25.1 Å². The molecule has 0 spiro atoms. The van der Waals surface area contributed by atoms with Crippen molar-refractivity contribution >= 4 is 38.8 Å². The molecule has 1 aliphatic heterocycles. The van der Waals surface area contributed by atoms with Crippen LogP contribution in [0.3, 0.4) is 0 Å². The van der Waals surface area contributed by atoms with Crippen molar-refractivity contribution in [3.05, 3.63) is 83.3 Å². The van der Waals surface area contributed by atoms with Crippen molar-refractivity contribution in [2.24, 2.45) is 0 Å². The lowest BCUT2D eigenvalue weighted by molar-refractivity contribution is 0.102. The monoisotopic (exact) mass is 578 g/mol. The molecular weight excluding hydrogens is 547 g/mol. The Bertz CT molecular complexity index is 1660. The molecule has 2 aromatic carbocycles. The lowest BCUT2D eigenvalue weighted by atomic mass is 10.1. The summed E-state index contributed by atoms with van der Waals surface area (Å²) in [4.78, 5) is 23.5. The lowest BCUT2D eigenvalue weighted by Gasteiger charge is -2.25. The van der Waals surface area contributed by atoms with E-state index in [0.717, 1.165) is 16.9 Å². The molecule has 0 bridgehead atoms. The van der Waals surface area contributed by atoms with Crippen LogP contribution in [-0.2, 0) is 23.1 Å². The molecule has 1 aliphatic rings. The van der Waals surface area contributed by atoms with E-state index < -0.39 is 16.5 Å². The van der Waals surface area contributed by atoms with Gasteiger partial charge in [0, 0.05) is 55.8 Å². The highest BCUT2D eigenvalue weighted by Gasteiger charge is 2.23. The van der Waals surface area contributed by atoms with Crippen molar-refractivity contribution in [2.75, 3.05) is 47.6 Å². The summed E-state index contributed by atoms with van der Waals surface area (Å²) >= 11 is 0. The minimum absolute atomic E-state index is 0.131. The van der Waals surface area contributed by atoms with Crippen LogP contribution in [0.25, 0.3) is 5.82 Å². The van der Waals surface area contributed by atoms with E-state index in [9.17, 15) is 17.6 Å². The average Bonchev–Trinajstić information content (AvgIpc) is 3.37.